The molecule has 6 heteroatoms. The van der Waals surface area contributed by atoms with Crippen molar-refractivity contribution in [2.45, 2.75) is 70.8 Å². The van der Waals surface area contributed by atoms with Gasteiger partial charge in [0.2, 0.25) is 0 Å². The lowest BCUT2D eigenvalue weighted by Gasteiger charge is -2.35. The highest BCUT2D eigenvalue weighted by Crippen LogP contribution is 2.36. The molecular formula is C28H38N2O4. The Labute approximate surface area is 203 Å². The van der Waals surface area contributed by atoms with Crippen LogP contribution in [0.5, 0.6) is 0 Å². The zero-order valence-corrected chi connectivity index (χ0v) is 21.1. The van der Waals surface area contributed by atoms with Crippen LogP contribution >= 0.6 is 0 Å². The highest BCUT2D eigenvalue weighted by molar-refractivity contribution is 5.90. The van der Waals surface area contributed by atoms with E-state index in [-0.39, 0.29) is 11.9 Å². The maximum Gasteiger partial charge on any atom is 0.412 e. The monoisotopic (exact) mass is 466 g/mol. The molecule has 2 aromatic rings. The lowest BCUT2D eigenvalue weighted by atomic mass is 9.89. The first-order valence-electron chi connectivity index (χ1n) is 12.2. The third-order valence-electron chi connectivity index (χ3n) is 6.37. The number of carbonyl (C=O) groups is 2. The number of ether oxygens (including phenoxy) is 2. The van der Waals surface area contributed by atoms with Gasteiger partial charge in [0, 0.05) is 13.1 Å². The number of nitrogens with one attached hydrogen (secondary N) is 1. The quantitative estimate of drug-likeness (QED) is 0.473. The van der Waals surface area contributed by atoms with Crippen LogP contribution in [-0.4, -0.2) is 37.9 Å². The Morgan fingerprint density at radius 3 is 2.35 bits per heavy atom. The van der Waals surface area contributed by atoms with Crippen LogP contribution in [0.15, 0.2) is 48.5 Å². The van der Waals surface area contributed by atoms with Gasteiger partial charge in [-0.15, -0.1) is 0 Å². The largest absolute Gasteiger partial charge is 0.469 e. The Bertz CT molecular complexity index is 960. The molecule has 0 bridgehead atoms. The number of hydrogen-bond acceptors (Lipinski definition) is 5. The molecule has 3 rings (SSSR count). The SMILES string of the molecule is CCC(CC(=O)OC)c1ccc(N2CCC(c3ccccc3)CC2)c(NC(=O)OC(C)(C)C)c1. The van der Waals surface area contributed by atoms with E-state index in [0.29, 0.717) is 18.0 Å². The fourth-order valence-corrected chi connectivity index (χ4v) is 4.56. The van der Waals surface area contributed by atoms with E-state index in [9.17, 15) is 9.59 Å². The van der Waals surface area contributed by atoms with Crippen molar-refractivity contribution in [1.29, 1.82) is 0 Å². The average Bonchev–Trinajstić information content (AvgIpc) is 2.82. The molecule has 1 atom stereocenters. The molecule has 2 aromatic carbocycles. The van der Waals surface area contributed by atoms with Gasteiger partial charge in [-0.1, -0.05) is 43.3 Å². The van der Waals surface area contributed by atoms with Crippen LogP contribution in [0.1, 0.15) is 76.3 Å². The van der Waals surface area contributed by atoms with Crippen LogP contribution in [-0.2, 0) is 14.3 Å². The first kappa shape index (κ1) is 25.6. The van der Waals surface area contributed by atoms with Gasteiger partial charge in [0.1, 0.15) is 5.60 Å². The molecule has 0 saturated carbocycles. The number of carbonyl (C=O) groups excluding carboxylic acids is 2. The number of piperidine rings is 1. The Balaban J connectivity index is 1.83. The Hall–Kier alpha value is -3.02. The molecule has 0 radical (unpaired) electrons. The summed E-state index contributed by atoms with van der Waals surface area (Å²) in [6, 6.07) is 16.8. The zero-order valence-electron chi connectivity index (χ0n) is 21.1. The summed E-state index contributed by atoms with van der Waals surface area (Å²) in [5.74, 6) is 0.327. The van der Waals surface area contributed by atoms with Gasteiger partial charge >= 0.3 is 12.1 Å². The average molecular weight is 467 g/mol. The Morgan fingerprint density at radius 1 is 1.09 bits per heavy atom. The molecular weight excluding hydrogens is 428 g/mol. The standard InChI is InChI=1S/C28H38N2O4/c1-6-20(19-26(31)33-5)23-12-13-25(24(18-23)29-27(32)34-28(2,3)4)30-16-14-22(15-17-30)21-10-8-7-9-11-21/h7-13,18,20,22H,6,14-17,19H2,1-5H3,(H,29,32). The van der Waals surface area contributed by atoms with Gasteiger partial charge in [-0.2, -0.15) is 0 Å². The van der Waals surface area contributed by atoms with Gasteiger partial charge in [0.05, 0.1) is 24.9 Å². The summed E-state index contributed by atoms with van der Waals surface area (Å²) in [6.07, 6.45) is 2.73. The maximum atomic E-state index is 12.6. The smallest absolute Gasteiger partial charge is 0.412 e. The summed E-state index contributed by atoms with van der Waals surface area (Å²) in [4.78, 5) is 26.9. The van der Waals surface area contributed by atoms with Gasteiger partial charge < -0.3 is 14.4 Å². The van der Waals surface area contributed by atoms with Gasteiger partial charge in [-0.3, -0.25) is 10.1 Å². The predicted molar refractivity (Wildman–Crippen MR) is 137 cm³/mol. The second kappa shape index (κ2) is 11.4. The number of methoxy groups -OCH3 is 1. The van der Waals surface area contributed by atoms with Crippen molar-refractivity contribution >= 4 is 23.4 Å². The third kappa shape index (κ3) is 6.99. The fourth-order valence-electron chi connectivity index (χ4n) is 4.56. The van der Waals surface area contributed by atoms with Crippen molar-refractivity contribution in [1.82, 2.24) is 0 Å². The summed E-state index contributed by atoms with van der Waals surface area (Å²) in [7, 11) is 1.41. The molecule has 1 saturated heterocycles. The molecule has 184 valence electrons. The highest BCUT2D eigenvalue weighted by Gasteiger charge is 2.25. The van der Waals surface area contributed by atoms with Crippen LogP contribution in [0, 0.1) is 0 Å². The number of rotatable bonds is 7. The minimum Gasteiger partial charge on any atom is -0.469 e. The van der Waals surface area contributed by atoms with E-state index in [1.54, 1.807) is 0 Å². The molecule has 1 fully saturated rings. The van der Waals surface area contributed by atoms with Crippen LogP contribution in [0.4, 0.5) is 16.2 Å². The molecule has 1 N–H and O–H groups in total. The first-order chi connectivity index (χ1) is 16.2. The topological polar surface area (TPSA) is 67.9 Å². The molecule has 0 aromatic heterocycles. The zero-order chi connectivity index (χ0) is 24.7. The second-order valence-corrected chi connectivity index (χ2v) is 9.96. The molecule has 1 amide bonds. The first-order valence-corrected chi connectivity index (χ1v) is 12.2. The normalized spacial score (nSPS) is 15.5. The van der Waals surface area contributed by atoms with Crippen molar-refractivity contribution in [3.05, 3.63) is 59.7 Å². The van der Waals surface area contributed by atoms with Crippen LogP contribution in [0.2, 0.25) is 0 Å². The molecule has 0 spiro atoms. The Kier molecular flexibility index (Phi) is 8.59. The van der Waals surface area contributed by atoms with E-state index in [1.165, 1.54) is 12.7 Å². The molecule has 1 aliphatic heterocycles. The summed E-state index contributed by atoms with van der Waals surface area (Å²) >= 11 is 0. The summed E-state index contributed by atoms with van der Waals surface area (Å²) in [5, 5.41) is 2.97. The van der Waals surface area contributed by atoms with E-state index in [1.807, 2.05) is 26.8 Å². The predicted octanol–water partition coefficient (Wildman–Crippen LogP) is 6.47. The third-order valence-corrected chi connectivity index (χ3v) is 6.37. The second-order valence-electron chi connectivity index (χ2n) is 9.96. The van der Waals surface area contributed by atoms with Gasteiger partial charge in [0.25, 0.3) is 0 Å². The van der Waals surface area contributed by atoms with Crippen molar-refractivity contribution in [3.8, 4) is 0 Å². The number of benzene rings is 2. The number of anilines is 2. The lowest BCUT2D eigenvalue weighted by Crippen LogP contribution is -2.34. The summed E-state index contributed by atoms with van der Waals surface area (Å²) in [5.41, 5.74) is 3.49. The van der Waals surface area contributed by atoms with Gasteiger partial charge in [-0.05, 0) is 75.1 Å². The van der Waals surface area contributed by atoms with E-state index in [0.717, 1.165) is 43.6 Å². The van der Waals surface area contributed by atoms with Crippen LogP contribution in [0.25, 0.3) is 0 Å². The Morgan fingerprint density at radius 2 is 1.76 bits per heavy atom. The molecule has 6 nitrogen and oxygen atoms in total. The molecule has 1 unspecified atom stereocenters. The van der Waals surface area contributed by atoms with Crippen LogP contribution < -0.4 is 10.2 Å². The summed E-state index contributed by atoms with van der Waals surface area (Å²) < 4.78 is 10.4. The lowest BCUT2D eigenvalue weighted by molar-refractivity contribution is -0.141. The van der Waals surface area contributed by atoms with Gasteiger partial charge in [0.15, 0.2) is 0 Å². The van der Waals surface area contributed by atoms with Gasteiger partial charge in [-0.25, -0.2) is 4.79 Å². The van der Waals surface area contributed by atoms with Crippen molar-refractivity contribution in [2.75, 3.05) is 30.4 Å². The molecule has 34 heavy (non-hydrogen) atoms. The van der Waals surface area contributed by atoms with E-state index in [4.69, 9.17) is 9.47 Å². The van der Waals surface area contributed by atoms with E-state index >= 15 is 0 Å². The molecule has 1 aliphatic rings. The summed E-state index contributed by atoms with van der Waals surface area (Å²) in [6.45, 7) is 9.41. The maximum absolute atomic E-state index is 12.6. The van der Waals surface area contributed by atoms with Crippen molar-refractivity contribution in [2.24, 2.45) is 0 Å². The fraction of sp³-hybridized carbons (Fsp3) is 0.500. The number of esters is 1. The number of nitrogens with zero attached hydrogens (tertiary/aromatic N) is 1. The molecule has 0 aliphatic carbocycles. The number of hydrogen-bond donors (Lipinski definition) is 1. The minimum absolute atomic E-state index is 0.0181. The molecule has 1 heterocycles. The van der Waals surface area contributed by atoms with Crippen molar-refractivity contribution in [3.63, 3.8) is 0 Å². The van der Waals surface area contributed by atoms with Crippen molar-refractivity contribution < 1.29 is 19.1 Å². The minimum atomic E-state index is -0.591. The van der Waals surface area contributed by atoms with E-state index in [2.05, 4.69) is 59.6 Å². The number of amides is 1. The van der Waals surface area contributed by atoms with Crippen LogP contribution in [0.3, 0.4) is 0 Å². The van der Waals surface area contributed by atoms with E-state index < -0.39 is 11.7 Å². The highest BCUT2D eigenvalue weighted by atomic mass is 16.6.